The molecule has 0 bridgehead atoms. The van der Waals surface area contributed by atoms with Gasteiger partial charge in [-0.3, -0.25) is 9.59 Å². The van der Waals surface area contributed by atoms with Crippen molar-refractivity contribution in [3.05, 3.63) is 0 Å². The molecule has 2 rings (SSSR count). The van der Waals surface area contributed by atoms with Gasteiger partial charge in [-0.2, -0.15) is 0 Å². The minimum atomic E-state index is 0.134. The third-order valence-electron chi connectivity index (χ3n) is 3.72. The van der Waals surface area contributed by atoms with Crippen molar-refractivity contribution in [3.8, 4) is 0 Å². The zero-order valence-corrected chi connectivity index (χ0v) is 10.4. The SMILES string of the molecule is CC(=O)N1CCC(NC(=O)C2CCNC2)CC1. The van der Waals surface area contributed by atoms with Gasteiger partial charge in [0.1, 0.15) is 0 Å². The highest BCUT2D eigenvalue weighted by Crippen LogP contribution is 2.13. The van der Waals surface area contributed by atoms with E-state index in [4.69, 9.17) is 0 Å². The summed E-state index contributed by atoms with van der Waals surface area (Å²) in [5, 5.41) is 6.30. The maximum absolute atomic E-state index is 11.9. The van der Waals surface area contributed by atoms with Crippen LogP contribution in [0.25, 0.3) is 0 Å². The summed E-state index contributed by atoms with van der Waals surface area (Å²) >= 11 is 0. The van der Waals surface area contributed by atoms with Gasteiger partial charge in [0.25, 0.3) is 0 Å². The number of nitrogens with zero attached hydrogens (tertiary/aromatic N) is 1. The second-order valence-corrected chi connectivity index (χ2v) is 4.98. The van der Waals surface area contributed by atoms with Crippen molar-refractivity contribution in [2.75, 3.05) is 26.2 Å². The molecular formula is C12H21N3O2. The monoisotopic (exact) mass is 239 g/mol. The van der Waals surface area contributed by atoms with Gasteiger partial charge in [-0.1, -0.05) is 0 Å². The Morgan fingerprint density at radius 1 is 1.24 bits per heavy atom. The summed E-state index contributed by atoms with van der Waals surface area (Å²) in [5.41, 5.74) is 0. The van der Waals surface area contributed by atoms with Crippen LogP contribution in [0, 0.1) is 5.92 Å². The Bertz CT molecular complexity index is 292. The van der Waals surface area contributed by atoms with Crippen molar-refractivity contribution >= 4 is 11.8 Å². The molecule has 2 heterocycles. The predicted octanol–water partition coefficient (Wildman–Crippen LogP) is -0.277. The summed E-state index contributed by atoms with van der Waals surface area (Å²) in [4.78, 5) is 24.9. The van der Waals surface area contributed by atoms with Gasteiger partial charge in [0.15, 0.2) is 0 Å². The first-order valence-corrected chi connectivity index (χ1v) is 6.43. The van der Waals surface area contributed by atoms with Gasteiger partial charge in [0.2, 0.25) is 11.8 Å². The number of amides is 2. The number of carbonyl (C=O) groups excluding carboxylic acids is 2. The molecule has 2 saturated heterocycles. The molecule has 0 spiro atoms. The number of rotatable bonds is 2. The molecular weight excluding hydrogens is 218 g/mol. The first-order chi connectivity index (χ1) is 8.16. The third-order valence-corrected chi connectivity index (χ3v) is 3.72. The fourth-order valence-corrected chi connectivity index (χ4v) is 2.54. The third kappa shape index (κ3) is 3.19. The lowest BCUT2D eigenvalue weighted by molar-refractivity contribution is -0.130. The van der Waals surface area contributed by atoms with Crippen LogP contribution in [0.2, 0.25) is 0 Å². The standard InChI is InChI=1S/C12H21N3O2/c1-9(16)15-6-3-11(4-7-15)14-12(17)10-2-5-13-8-10/h10-11,13H,2-8H2,1H3,(H,14,17). The largest absolute Gasteiger partial charge is 0.353 e. The average molecular weight is 239 g/mol. The summed E-state index contributed by atoms with van der Waals surface area (Å²) in [6.07, 6.45) is 2.70. The first-order valence-electron chi connectivity index (χ1n) is 6.43. The Kier molecular flexibility index (Phi) is 3.99. The van der Waals surface area contributed by atoms with Crippen LogP contribution in [0.3, 0.4) is 0 Å². The number of piperidine rings is 1. The Balaban J connectivity index is 1.74. The molecule has 1 atom stereocenters. The lowest BCUT2D eigenvalue weighted by Gasteiger charge is -2.32. The Morgan fingerprint density at radius 3 is 2.47 bits per heavy atom. The van der Waals surface area contributed by atoms with Crippen LogP contribution in [0.1, 0.15) is 26.2 Å². The van der Waals surface area contributed by atoms with E-state index in [1.54, 1.807) is 6.92 Å². The maximum atomic E-state index is 11.9. The number of likely N-dealkylation sites (tertiary alicyclic amines) is 1. The first kappa shape index (κ1) is 12.4. The topological polar surface area (TPSA) is 61.4 Å². The van der Waals surface area contributed by atoms with Gasteiger partial charge < -0.3 is 15.5 Å². The molecule has 0 radical (unpaired) electrons. The molecule has 2 aliphatic heterocycles. The molecule has 2 N–H and O–H groups in total. The molecule has 0 aromatic heterocycles. The maximum Gasteiger partial charge on any atom is 0.224 e. The fourth-order valence-electron chi connectivity index (χ4n) is 2.54. The van der Waals surface area contributed by atoms with Crippen molar-refractivity contribution < 1.29 is 9.59 Å². The second-order valence-electron chi connectivity index (χ2n) is 4.98. The quantitative estimate of drug-likeness (QED) is 0.697. The van der Waals surface area contributed by atoms with Gasteiger partial charge in [0.05, 0.1) is 5.92 Å². The van der Waals surface area contributed by atoms with Crippen molar-refractivity contribution in [1.29, 1.82) is 0 Å². The van der Waals surface area contributed by atoms with Gasteiger partial charge in [0, 0.05) is 32.6 Å². The van der Waals surface area contributed by atoms with Crippen LogP contribution >= 0.6 is 0 Å². The van der Waals surface area contributed by atoms with E-state index >= 15 is 0 Å². The van der Waals surface area contributed by atoms with E-state index in [-0.39, 0.29) is 23.8 Å². The predicted molar refractivity (Wildman–Crippen MR) is 64.4 cm³/mol. The highest BCUT2D eigenvalue weighted by molar-refractivity contribution is 5.79. The smallest absolute Gasteiger partial charge is 0.224 e. The number of hydrogen-bond donors (Lipinski definition) is 2. The van der Waals surface area contributed by atoms with Crippen LogP contribution < -0.4 is 10.6 Å². The summed E-state index contributed by atoms with van der Waals surface area (Å²) in [7, 11) is 0. The van der Waals surface area contributed by atoms with Crippen molar-refractivity contribution in [2.24, 2.45) is 5.92 Å². The van der Waals surface area contributed by atoms with E-state index in [9.17, 15) is 9.59 Å². The lowest BCUT2D eigenvalue weighted by atomic mass is 10.0. The van der Waals surface area contributed by atoms with Gasteiger partial charge in [-0.15, -0.1) is 0 Å². The van der Waals surface area contributed by atoms with Crippen LogP contribution in [0.4, 0.5) is 0 Å². The minimum absolute atomic E-state index is 0.134. The Morgan fingerprint density at radius 2 is 1.94 bits per heavy atom. The highest BCUT2D eigenvalue weighted by Gasteiger charge is 2.26. The second kappa shape index (κ2) is 5.49. The number of nitrogens with one attached hydrogen (secondary N) is 2. The molecule has 2 fully saturated rings. The summed E-state index contributed by atoms with van der Waals surface area (Å²) in [6, 6.07) is 0.249. The zero-order chi connectivity index (χ0) is 12.3. The molecule has 1 unspecified atom stereocenters. The van der Waals surface area contributed by atoms with Gasteiger partial charge >= 0.3 is 0 Å². The summed E-state index contributed by atoms with van der Waals surface area (Å²) in [6.45, 7) is 4.88. The minimum Gasteiger partial charge on any atom is -0.353 e. The molecule has 17 heavy (non-hydrogen) atoms. The van der Waals surface area contributed by atoms with Gasteiger partial charge in [-0.25, -0.2) is 0 Å². The van der Waals surface area contributed by atoms with Crippen LogP contribution in [-0.4, -0.2) is 48.9 Å². The molecule has 0 aromatic rings. The van der Waals surface area contributed by atoms with Crippen LogP contribution in [0.5, 0.6) is 0 Å². The van der Waals surface area contributed by atoms with Crippen molar-refractivity contribution in [3.63, 3.8) is 0 Å². The number of carbonyl (C=O) groups is 2. The molecule has 5 heteroatoms. The Hall–Kier alpha value is -1.10. The molecule has 96 valence electrons. The summed E-state index contributed by atoms with van der Waals surface area (Å²) < 4.78 is 0. The van der Waals surface area contributed by atoms with Crippen molar-refractivity contribution in [2.45, 2.75) is 32.2 Å². The van der Waals surface area contributed by atoms with Crippen LogP contribution in [-0.2, 0) is 9.59 Å². The van der Waals surface area contributed by atoms with E-state index in [0.29, 0.717) is 0 Å². The molecule has 0 aromatic carbocycles. The molecule has 2 amide bonds. The Labute approximate surface area is 102 Å². The average Bonchev–Trinajstić information content (AvgIpc) is 2.83. The van der Waals surface area contributed by atoms with E-state index in [1.165, 1.54) is 0 Å². The molecule has 0 aliphatic carbocycles. The lowest BCUT2D eigenvalue weighted by Crippen LogP contribution is -2.47. The van der Waals surface area contributed by atoms with E-state index < -0.39 is 0 Å². The molecule has 5 nitrogen and oxygen atoms in total. The van der Waals surface area contributed by atoms with Crippen LogP contribution in [0.15, 0.2) is 0 Å². The van der Waals surface area contributed by atoms with Gasteiger partial charge in [-0.05, 0) is 25.8 Å². The fraction of sp³-hybridized carbons (Fsp3) is 0.833. The van der Waals surface area contributed by atoms with E-state index in [1.807, 2.05) is 4.90 Å². The van der Waals surface area contributed by atoms with E-state index in [2.05, 4.69) is 10.6 Å². The normalized spacial score (nSPS) is 25.9. The van der Waals surface area contributed by atoms with E-state index in [0.717, 1.165) is 45.4 Å². The highest BCUT2D eigenvalue weighted by atomic mass is 16.2. The molecule has 2 aliphatic rings. The van der Waals surface area contributed by atoms with Crippen molar-refractivity contribution in [1.82, 2.24) is 15.5 Å². The summed E-state index contributed by atoms with van der Waals surface area (Å²) in [5.74, 6) is 0.451. The molecule has 0 saturated carbocycles. The zero-order valence-electron chi connectivity index (χ0n) is 10.4. The number of hydrogen-bond acceptors (Lipinski definition) is 3.